The minimum absolute atomic E-state index is 0.0528. The predicted molar refractivity (Wildman–Crippen MR) is 63.4 cm³/mol. The lowest BCUT2D eigenvalue weighted by Gasteiger charge is -2.15. The summed E-state index contributed by atoms with van der Waals surface area (Å²) in [6.45, 7) is 1.85. The van der Waals surface area contributed by atoms with Crippen molar-refractivity contribution in [3.63, 3.8) is 0 Å². The smallest absolute Gasteiger partial charge is 0.275 e. The average Bonchev–Trinajstić information content (AvgIpc) is 3.06. The Morgan fingerprint density at radius 3 is 2.44 bits per heavy atom. The second kappa shape index (κ2) is 4.88. The number of hydrogen-bond donors (Lipinski definition) is 1. The first-order valence-corrected chi connectivity index (χ1v) is 5.87. The summed E-state index contributed by atoms with van der Waals surface area (Å²) in [5, 5.41) is 13.2. The van der Waals surface area contributed by atoms with Gasteiger partial charge in [-0.1, -0.05) is 12.8 Å². The lowest BCUT2D eigenvalue weighted by Crippen LogP contribution is -2.17. The number of nitrogens with zero attached hydrogens (tertiary/aromatic N) is 1. The molecule has 98 valence electrons. The number of nitro benzene ring substituents is 1. The fourth-order valence-electron chi connectivity index (χ4n) is 1.96. The second-order valence-electron chi connectivity index (χ2n) is 4.77. The fourth-order valence-corrected chi connectivity index (χ4v) is 1.96. The van der Waals surface area contributed by atoms with Crippen LogP contribution in [-0.4, -0.2) is 11.0 Å². The molecule has 0 bridgehead atoms. The third-order valence-corrected chi connectivity index (χ3v) is 3.01. The molecule has 1 fully saturated rings. The number of nitrogens with one attached hydrogen (secondary N) is 1. The molecule has 0 radical (unpaired) electrons. The molecule has 0 aromatic heterocycles. The van der Waals surface area contributed by atoms with Crippen molar-refractivity contribution < 1.29 is 13.7 Å². The summed E-state index contributed by atoms with van der Waals surface area (Å²) in [6.07, 6.45) is 3.18. The van der Waals surface area contributed by atoms with Gasteiger partial charge in [-0.25, -0.2) is 8.78 Å². The highest BCUT2D eigenvalue weighted by Crippen LogP contribution is 2.34. The zero-order valence-corrected chi connectivity index (χ0v) is 9.95. The molecule has 6 heteroatoms. The highest BCUT2D eigenvalue weighted by molar-refractivity contribution is 5.52. The SMILES string of the molecule is CC(CC1CC1)Nc1c(F)cc([N+](=O)[O-])cc1F. The number of benzene rings is 1. The van der Waals surface area contributed by atoms with Gasteiger partial charge in [-0.15, -0.1) is 0 Å². The van der Waals surface area contributed by atoms with Crippen LogP contribution in [0.25, 0.3) is 0 Å². The molecule has 0 spiro atoms. The van der Waals surface area contributed by atoms with Gasteiger partial charge in [-0.3, -0.25) is 10.1 Å². The third kappa shape index (κ3) is 2.94. The number of halogens is 2. The van der Waals surface area contributed by atoms with Crippen molar-refractivity contribution in [2.24, 2.45) is 5.92 Å². The van der Waals surface area contributed by atoms with Crippen molar-refractivity contribution in [1.29, 1.82) is 0 Å². The molecule has 1 aromatic rings. The lowest BCUT2D eigenvalue weighted by atomic mass is 10.1. The van der Waals surface area contributed by atoms with Gasteiger partial charge in [0.25, 0.3) is 5.69 Å². The van der Waals surface area contributed by atoms with Crippen LogP contribution < -0.4 is 5.32 Å². The Hall–Kier alpha value is -1.72. The maximum atomic E-state index is 13.6. The summed E-state index contributed by atoms with van der Waals surface area (Å²) in [6, 6.07) is 1.41. The maximum absolute atomic E-state index is 13.6. The van der Waals surface area contributed by atoms with Crippen LogP contribution in [0.2, 0.25) is 0 Å². The minimum atomic E-state index is -0.927. The zero-order chi connectivity index (χ0) is 13.3. The molecule has 0 aliphatic heterocycles. The quantitative estimate of drug-likeness (QED) is 0.648. The van der Waals surface area contributed by atoms with Crippen LogP contribution in [0.1, 0.15) is 26.2 Å². The molecule has 1 unspecified atom stereocenters. The van der Waals surface area contributed by atoms with Crippen LogP contribution in [0.3, 0.4) is 0 Å². The number of nitro groups is 1. The van der Waals surface area contributed by atoms with Gasteiger partial charge in [0.2, 0.25) is 0 Å². The third-order valence-electron chi connectivity index (χ3n) is 3.01. The highest BCUT2D eigenvalue weighted by atomic mass is 19.1. The van der Waals surface area contributed by atoms with E-state index < -0.39 is 22.2 Å². The Labute approximate surface area is 103 Å². The number of anilines is 1. The molecular formula is C12H14F2N2O2. The van der Waals surface area contributed by atoms with Crippen molar-refractivity contribution in [3.05, 3.63) is 33.9 Å². The highest BCUT2D eigenvalue weighted by Gasteiger charge is 2.25. The van der Waals surface area contributed by atoms with Crippen molar-refractivity contribution in [2.45, 2.75) is 32.2 Å². The van der Waals surface area contributed by atoms with Gasteiger partial charge in [0.15, 0.2) is 11.6 Å². The molecule has 1 aromatic carbocycles. The molecule has 0 saturated heterocycles. The number of rotatable bonds is 5. The fraction of sp³-hybridized carbons (Fsp3) is 0.500. The summed E-state index contributed by atoms with van der Waals surface area (Å²) in [5.41, 5.74) is -0.862. The Kier molecular flexibility index (Phi) is 3.45. The van der Waals surface area contributed by atoms with E-state index in [1.807, 2.05) is 6.92 Å². The van der Waals surface area contributed by atoms with E-state index in [1.165, 1.54) is 0 Å². The van der Waals surface area contributed by atoms with Gasteiger partial charge in [0, 0.05) is 6.04 Å². The summed E-state index contributed by atoms with van der Waals surface area (Å²) in [5.74, 6) is -1.22. The van der Waals surface area contributed by atoms with Crippen molar-refractivity contribution in [1.82, 2.24) is 0 Å². The molecule has 1 atom stereocenters. The molecule has 1 saturated carbocycles. The van der Waals surface area contributed by atoms with Gasteiger partial charge in [-0.05, 0) is 19.3 Å². The predicted octanol–water partition coefficient (Wildman–Crippen LogP) is 3.47. The van der Waals surface area contributed by atoms with Crippen molar-refractivity contribution in [3.8, 4) is 0 Å². The van der Waals surface area contributed by atoms with Crippen LogP contribution in [0.15, 0.2) is 12.1 Å². The first kappa shape index (κ1) is 12.7. The molecule has 0 amide bonds. The van der Waals surface area contributed by atoms with E-state index in [2.05, 4.69) is 5.32 Å². The van der Waals surface area contributed by atoms with Crippen LogP contribution >= 0.6 is 0 Å². The lowest BCUT2D eigenvalue weighted by molar-refractivity contribution is -0.385. The summed E-state index contributed by atoms with van der Waals surface area (Å²) < 4.78 is 27.2. The van der Waals surface area contributed by atoms with E-state index >= 15 is 0 Å². The Bertz CT molecular complexity index is 452. The van der Waals surface area contributed by atoms with E-state index in [-0.39, 0.29) is 11.7 Å². The molecular weight excluding hydrogens is 242 g/mol. The van der Waals surface area contributed by atoms with Crippen LogP contribution in [0.5, 0.6) is 0 Å². The van der Waals surface area contributed by atoms with Gasteiger partial charge >= 0.3 is 0 Å². The van der Waals surface area contributed by atoms with Crippen molar-refractivity contribution >= 4 is 11.4 Å². The normalized spacial score (nSPS) is 16.4. The van der Waals surface area contributed by atoms with Gasteiger partial charge < -0.3 is 5.32 Å². The second-order valence-corrected chi connectivity index (χ2v) is 4.77. The molecule has 1 aliphatic carbocycles. The molecule has 1 aliphatic rings. The monoisotopic (exact) mass is 256 g/mol. The minimum Gasteiger partial charge on any atom is -0.378 e. The summed E-state index contributed by atoms with van der Waals surface area (Å²) in [7, 11) is 0. The van der Waals surface area contributed by atoms with Crippen LogP contribution in [0.4, 0.5) is 20.2 Å². The van der Waals surface area contributed by atoms with Crippen molar-refractivity contribution in [2.75, 3.05) is 5.32 Å². The number of non-ortho nitro benzene ring substituents is 1. The van der Waals surface area contributed by atoms with Crippen LogP contribution in [-0.2, 0) is 0 Å². The molecule has 0 heterocycles. The van der Waals surface area contributed by atoms with Gasteiger partial charge in [0.1, 0.15) is 5.69 Å². The first-order chi connectivity index (χ1) is 8.47. The summed E-state index contributed by atoms with van der Waals surface area (Å²) >= 11 is 0. The van der Waals surface area contributed by atoms with E-state index in [0.29, 0.717) is 5.92 Å². The molecule has 18 heavy (non-hydrogen) atoms. The Morgan fingerprint density at radius 2 is 2.00 bits per heavy atom. The first-order valence-electron chi connectivity index (χ1n) is 5.87. The number of hydrogen-bond acceptors (Lipinski definition) is 3. The van der Waals surface area contributed by atoms with Crippen LogP contribution in [0, 0.1) is 27.7 Å². The average molecular weight is 256 g/mol. The van der Waals surface area contributed by atoms with E-state index in [0.717, 1.165) is 31.4 Å². The molecule has 4 nitrogen and oxygen atoms in total. The van der Waals surface area contributed by atoms with E-state index in [1.54, 1.807) is 0 Å². The zero-order valence-electron chi connectivity index (χ0n) is 9.95. The van der Waals surface area contributed by atoms with E-state index in [9.17, 15) is 18.9 Å². The topological polar surface area (TPSA) is 55.2 Å². The summed E-state index contributed by atoms with van der Waals surface area (Å²) in [4.78, 5) is 9.63. The maximum Gasteiger partial charge on any atom is 0.275 e. The largest absolute Gasteiger partial charge is 0.378 e. The Morgan fingerprint density at radius 1 is 1.44 bits per heavy atom. The van der Waals surface area contributed by atoms with Gasteiger partial charge in [-0.2, -0.15) is 0 Å². The Balaban J connectivity index is 2.13. The molecule has 2 rings (SSSR count). The van der Waals surface area contributed by atoms with E-state index in [4.69, 9.17) is 0 Å². The standard InChI is InChI=1S/C12H14F2N2O2/c1-7(4-8-2-3-8)15-12-10(13)5-9(16(17)18)6-11(12)14/h5-8,15H,2-4H2,1H3. The molecule has 1 N–H and O–H groups in total. The van der Waals surface area contributed by atoms with Gasteiger partial charge in [0.05, 0.1) is 17.1 Å².